The van der Waals surface area contributed by atoms with E-state index in [0.717, 1.165) is 12.1 Å². The number of ketones is 1. The molecule has 1 N–H and O–H groups in total. The van der Waals surface area contributed by atoms with Gasteiger partial charge in [-0.2, -0.15) is 0 Å². The number of nitrogens with zero attached hydrogens (tertiary/aromatic N) is 1. The number of carbonyl (C=O) groups is 1. The average molecular weight is 293 g/mol. The summed E-state index contributed by atoms with van der Waals surface area (Å²) < 4.78 is 0. The Labute approximate surface area is 125 Å². The van der Waals surface area contributed by atoms with E-state index in [-0.39, 0.29) is 11.7 Å². The van der Waals surface area contributed by atoms with Crippen molar-refractivity contribution in [3.8, 4) is 0 Å². The maximum absolute atomic E-state index is 11.7. The summed E-state index contributed by atoms with van der Waals surface area (Å²) in [5.41, 5.74) is 0.0596. The maximum Gasteiger partial charge on any atom is 0.133 e. The SMILES string of the molecule is CSc1ccc(C2(O)CCC(=O)CC2CN(C)C)cc1. The Bertz CT molecular complexity index is 472. The predicted octanol–water partition coefficient (Wildman–Crippen LogP) is 2.53. The molecule has 1 aliphatic rings. The summed E-state index contributed by atoms with van der Waals surface area (Å²) in [6.07, 6.45) is 3.52. The molecule has 0 saturated heterocycles. The van der Waals surface area contributed by atoms with Crippen LogP contribution >= 0.6 is 11.8 Å². The lowest BCUT2D eigenvalue weighted by atomic mass is 9.71. The van der Waals surface area contributed by atoms with Crippen molar-refractivity contribution in [3.05, 3.63) is 29.8 Å². The highest BCUT2D eigenvalue weighted by molar-refractivity contribution is 7.98. The smallest absolute Gasteiger partial charge is 0.133 e. The van der Waals surface area contributed by atoms with Gasteiger partial charge in [-0.3, -0.25) is 4.79 Å². The van der Waals surface area contributed by atoms with Crippen LogP contribution in [0.25, 0.3) is 0 Å². The molecule has 1 aromatic rings. The molecule has 2 unspecified atom stereocenters. The first kappa shape index (κ1) is 15.5. The van der Waals surface area contributed by atoms with E-state index in [2.05, 4.69) is 0 Å². The van der Waals surface area contributed by atoms with Crippen molar-refractivity contribution in [2.75, 3.05) is 26.9 Å². The maximum atomic E-state index is 11.7. The van der Waals surface area contributed by atoms with Gasteiger partial charge in [-0.15, -0.1) is 11.8 Å². The standard InChI is InChI=1S/C16H23NO2S/c1-17(2)11-13-10-14(18)8-9-16(13,19)12-4-6-15(20-3)7-5-12/h4-7,13,19H,8-11H2,1-3H3. The summed E-state index contributed by atoms with van der Waals surface area (Å²) in [5.74, 6) is 0.237. The summed E-state index contributed by atoms with van der Waals surface area (Å²) in [7, 11) is 3.96. The van der Waals surface area contributed by atoms with E-state index in [1.54, 1.807) is 11.8 Å². The van der Waals surface area contributed by atoms with Crippen molar-refractivity contribution in [1.82, 2.24) is 4.90 Å². The number of thioether (sulfide) groups is 1. The van der Waals surface area contributed by atoms with Crippen LogP contribution in [0.2, 0.25) is 0 Å². The minimum absolute atomic E-state index is 0.0288. The van der Waals surface area contributed by atoms with Crippen LogP contribution in [0.5, 0.6) is 0 Å². The molecule has 0 spiro atoms. The lowest BCUT2D eigenvalue weighted by molar-refractivity contribution is -0.133. The Morgan fingerprint density at radius 1 is 1.35 bits per heavy atom. The second-order valence-electron chi connectivity index (χ2n) is 5.85. The van der Waals surface area contributed by atoms with Gasteiger partial charge in [0.25, 0.3) is 0 Å². The summed E-state index contributed by atoms with van der Waals surface area (Å²) >= 11 is 1.69. The van der Waals surface area contributed by atoms with Crippen molar-refractivity contribution in [2.45, 2.75) is 29.8 Å². The third kappa shape index (κ3) is 3.25. The number of carbonyl (C=O) groups excluding carboxylic acids is 1. The van der Waals surface area contributed by atoms with Crippen LogP contribution in [0, 0.1) is 5.92 Å². The Hall–Kier alpha value is -0.840. The molecule has 110 valence electrons. The molecule has 1 fully saturated rings. The Kier molecular flexibility index (Phi) is 4.89. The number of rotatable bonds is 4. The lowest BCUT2D eigenvalue weighted by Crippen LogP contribution is -2.45. The Balaban J connectivity index is 2.29. The van der Waals surface area contributed by atoms with Crippen LogP contribution in [0.15, 0.2) is 29.2 Å². The van der Waals surface area contributed by atoms with E-state index >= 15 is 0 Å². The molecule has 2 atom stereocenters. The van der Waals surface area contributed by atoms with Crippen molar-refractivity contribution >= 4 is 17.5 Å². The summed E-state index contributed by atoms with van der Waals surface area (Å²) in [5, 5.41) is 11.1. The molecule has 1 aromatic carbocycles. The Morgan fingerprint density at radius 2 is 2.00 bits per heavy atom. The molecule has 4 heteroatoms. The zero-order chi connectivity index (χ0) is 14.8. The molecular weight excluding hydrogens is 270 g/mol. The van der Waals surface area contributed by atoms with Gasteiger partial charge >= 0.3 is 0 Å². The second-order valence-corrected chi connectivity index (χ2v) is 6.73. The van der Waals surface area contributed by atoms with Gasteiger partial charge in [0, 0.05) is 30.2 Å². The minimum atomic E-state index is -0.880. The number of benzene rings is 1. The predicted molar refractivity (Wildman–Crippen MR) is 83.0 cm³/mol. The van der Waals surface area contributed by atoms with E-state index in [0.29, 0.717) is 19.3 Å². The molecule has 0 bridgehead atoms. The third-order valence-corrected chi connectivity index (χ3v) is 4.85. The molecule has 3 nitrogen and oxygen atoms in total. The Morgan fingerprint density at radius 3 is 2.55 bits per heavy atom. The number of hydrogen-bond donors (Lipinski definition) is 1. The fraction of sp³-hybridized carbons (Fsp3) is 0.562. The molecule has 2 rings (SSSR count). The molecule has 1 saturated carbocycles. The van der Waals surface area contributed by atoms with Crippen LogP contribution in [-0.2, 0) is 10.4 Å². The zero-order valence-corrected chi connectivity index (χ0v) is 13.2. The highest BCUT2D eigenvalue weighted by Crippen LogP contribution is 2.41. The van der Waals surface area contributed by atoms with Crippen LogP contribution in [0.1, 0.15) is 24.8 Å². The van der Waals surface area contributed by atoms with Gasteiger partial charge in [0.05, 0.1) is 5.60 Å². The molecule has 0 aromatic heterocycles. The van der Waals surface area contributed by atoms with E-state index < -0.39 is 5.60 Å². The minimum Gasteiger partial charge on any atom is -0.385 e. The molecule has 1 aliphatic carbocycles. The first-order valence-electron chi connectivity index (χ1n) is 6.99. The van der Waals surface area contributed by atoms with Crippen LogP contribution in [0.4, 0.5) is 0 Å². The van der Waals surface area contributed by atoms with E-state index in [1.807, 2.05) is 49.5 Å². The fourth-order valence-corrected chi connectivity index (χ4v) is 3.40. The number of Topliss-reactive ketones (excluding diaryl/α,β-unsaturated/α-hetero) is 1. The van der Waals surface area contributed by atoms with Crippen LogP contribution in [0.3, 0.4) is 0 Å². The average Bonchev–Trinajstić information content (AvgIpc) is 2.43. The van der Waals surface area contributed by atoms with Gasteiger partial charge in [-0.25, -0.2) is 0 Å². The number of hydrogen-bond acceptors (Lipinski definition) is 4. The first-order chi connectivity index (χ1) is 9.45. The molecule has 20 heavy (non-hydrogen) atoms. The fourth-order valence-electron chi connectivity index (χ4n) is 3.00. The normalized spacial score (nSPS) is 27.1. The second kappa shape index (κ2) is 6.29. The first-order valence-corrected chi connectivity index (χ1v) is 8.21. The third-order valence-electron chi connectivity index (χ3n) is 4.11. The van der Waals surface area contributed by atoms with Gasteiger partial charge in [0.1, 0.15) is 5.78 Å². The quantitative estimate of drug-likeness (QED) is 0.866. The zero-order valence-electron chi connectivity index (χ0n) is 12.4. The van der Waals surface area contributed by atoms with Crippen molar-refractivity contribution in [3.63, 3.8) is 0 Å². The van der Waals surface area contributed by atoms with E-state index in [9.17, 15) is 9.90 Å². The van der Waals surface area contributed by atoms with Gasteiger partial charge in [0.2, 0.25) is 0 Å². The molecule has 0 radical (unpaired) electrons. The monoisotopic (exact) mass is 293 g/mol. The van der Waals surface area contributed by atoms with Crippen LogP contribution in [-0.4, -0.2) is 42.7 Å². The largest absolute Gasteiger partial charge is 0.385 e. The summed E-state index contributed by atoms with van der Waals surface area (Å²) in [6, 6.07) is 8.09. The number of aliphatic hydroxyl groups is 1. The van der Waals surface area contributed by atoms with E-state index in [4.69, 9.17) is 0 Å². The van der Waals surface area contributed by atoms with Gasteiger partial charge in [-0.05, 0) is 44.5 Å². The summed E-state index contributed by atoms with van der Waals surface area (Å²) in [4.78, 5) is 15.0. The highest BCUT2D eigenvalue weighted by atomic mass is 32.2. The highest BCUT2D eigenvalue weighted by Gasteiger charge is 2.43. The van der Waals surface area contributed by atoms with E-state index in [1.165, 1.54) is 4.90 Å². The van der Waals surface area contributed by atoms with Gasteiger partial charge in [0.15, 0.2) is 0 Å². The van der Waals surface area contributed by atoms with Crippen molar-refractivity contribution < 1.29 is 9.90 Å². The molecule has 0 heterocycles. The van der Waals surface area contributed by atoms with Crippen molar-refractivity contribution in [1.29, 1.82) is 0 Å². The lowest BCUT2D eigenvalue weighted by Gasteiger charge is -2.41. The van der Waals surface area contributed by atoms with Crippen LogP contribution < -0.4 is 0 Å². The van der Waals surface area contributed by atoms with Gasteiger partial charge < -0.3 is 10.0 Å². The summed E-state index contributed by atoms with van der Waals surface area (Å²) in [6.45, 7) is 0.729. The van der Waals surface area contributed by atoms with Gasteiger partial charge in [-0.1, -0.05) is 12.1 Å². The molecular formula is C16H23NO2S. The molecule has 0 aliphatic heterocycles. The molecule has 0 amide bonds. The topological polar surface area (TPSA) is 40.5 Å². The van der Waals surface area contributed by atoms with Crippen molar-refractivity contribution in [2.24, 2.45) is 5.92 Å².